The van der Waals surface area contributed by atoms with Crippen LogP contribution in [0.3, 0.4) is 0 Å². The fourth-order valence-electron chi connectivity index (χ4n) is 2.25. The lowest BCUT2D eigenvalue weighted by molar-refractivity contribution is -0.121. The van der Waals surface area contributed by atoms with E-state index in [4.69, 9.17) is 0 Å². The highest BCUT2D eigenvalue weighted by Crippen LogP contribution is 2.16. The number of ketones is 1. The van der Waals surface area contributed by atoms with E-state index in [1.165, 1.54) is 5.56 Å². The molecule has 1 aromatic heterocycles. The first kappa shape index (κ1) is 16.4. The first-order chi connectivity index (χ1) is 10.5. The van der Waals surface area contributed by atoms with Crippen molar-refractivity contribution in [3.05, 3.63) is 56.8 Å². The van der Waals surface area contributed by atoms with Crippen LogP contribution in [-0.4, -0.2) is 11.7 Å². The van der Waals surface area contributed by atoms with Crippen molar-refractivity contribution < 1.29 is 9.59 Å². The number of hydrogen-bond acceptors (Lipinski definition) is 3. The summed E-state index contributed by atoms with van der Waals surface area (Å²) < 4.78 is 0. The van der Waals surface area contributed by atoms with Crippen molar-refractivity contribution >= 4 is 23.0 Å². The van der Waals surface area contributed by atoms with Gasteiger partial charge in [-0.1, -0.05) is 17.7 Å². The van der Waals surface area contributed by atoms with E-state index >= 15 is 0 Å². The molecule has 0 aliphatic carbocycles. The summed E-state index contributed by atoms with van der Waals surface area (Å²) in [5, 5.41) is 4.89. The van der Waals surface area contributed by atoms with Crippen molar-refractivity contribution in [2.24, 2.45) is 0 Å². The summed E-state index contributed by atoms with van der Waals surface area (Å²) in [7, 11) is 0. The number of benzene rings is 1. The van der Waals surface area contributed by atoms with E-state index in [0.717, 1.165) is 21.6 Å². The molecule has 0 saturated heterocycles. The van der Waals surface area contributed by atoms with Crippen LogP contribution in [0.25, 0.3) is 0 Å². The molecular weight excluding hydrogens is 294 g/mol. The van der Waals surface area contributed by atoms with Crippen molar-refractivity contribution in [3.8, 4) is 0 Å². The Morgan fingerprint density at radius 1 is 1.05 bits per heavy atom. The van der Waals surface area contributed by atoms with Gasteiger partial charge in [0.25, 0.3) is 0 Å². The average molecular weight is 315 g/mol. The monoisotopic (exact) mass is 315 g/mol. The molecule has 0 unspecified atom stereocenters. The third-order valence-corrected chi connectivity index (χ3v) is 4.71. The lowest BCUT2D eigenvalue weighted by atomic mass is 9.99. The molecule has 0 radical (unpaired) electrons. The van der Waals surface area contributed by atoms with E-state index in [9.17, 15) is 9.59 Å². The predicted octanol–water partition coefficient (Wildman–Crippen LogP) is 3.95. The largest absolute Gasteiger partial charge is 0.351 e. The van der Waals surface area contributed by atoms with Crippen LogP contribution in [0, 0.1) is 20.8 Å². The summed E-state index contributed by atoms with van der Waals surface area (Å²) in [6.45, 7) is 6.46. The summed E-state index contributed by atoms with van der Waals surface area (Å²) in [5.41, 5.74) is 3.94. The minimum Gasteiger partial charge on any atom is -0.351 e. The van der Waals surface area contributed by atoms with Gasteiger partial charge in [0.05, 0.1) is 6.54 Å². The third kappa shape index (κ3) is 4.28. The second-order valence-corrected chi connectivity index (χ2v) is 6.55. The van der Waals surface area contributed by atoms with E-state index in [2.05, 4.69) is 5.32 Å². The van der Waals surface area contributed by atoms with Crippen LogP contribution < -0.4 is 5.32 Å². The molecule has 1 amide bonds. The number of hydrogen-bond donors (Lipinski definition) is 1. The fraction of sp³-hybridized carbons (Fsp3) is 0.333. The molecule has 0 aliphatic rings. The molecule has 1 N–H and O–H groups in total. The Labute approximate surface area is 135 Å². The van der Waals surface area contributed by atoms with Gasteiger partial charge in [-0.25, -0.2) is 0 Å². The Balaban J connectivity index is 1.84. The van der Waals surface area contributed by atoms with Gasteiger partial charge in [0.1, 0.15) is 0 Å². The maximum atomic E-state index is 12.2. The Bertz CT molecular complexity index is 688. The molecule has 0 saturated carbocycles. The zero-order chi connectivity index (χ0) is 16.1. The summed E-state index contributed by atoms with van der Waals surface area (Å²) in [6, 6.07) is 7.87. The Hall–Kier alpha value is -1.94. The average Bonchev–Trinajstić information content (AvgIpc) is 2.90. The molecule has 0 spiro atoms. The number of carbonyl (C=O) groups is 2. The first-order valence-corrected chi connectivity index (χ1v) is 8.25. The lowest BCUT2D eigenvalue weighted by Gasteiger charge is -2.07. The first-order valence-electron chi connectivity index (χ1n) is 7.37. The molecule has 116 valence electrons. The fourth-order valence-corrected chi connectivity index (χ4v) is 3.10. The zero-order valence-electron chi connectivity index (χ0n) is 13.2. The van der Waals surface area contributed by atoms with Gasteiger partial charge in [0.15, 0.2) is 5.78 Å². The van der Waals surface area contributed by atoms with E-state index in [1.54, 1.807) is 11.3 Å². The van der Waals surface area contributed by atoms with Gasteiger partial charge in [-0.2, -0.15) is 0 Å². The SMILES string of the molecule is Cc1ccc(C)c(C(=O)CCC(=O)NCc2sccc2C)c1. The Morgan fingerprint density at radius 2 is 1.82 bits per heavy atom. The molecule has 0 atom stereocenters. The second kappa shape index (κ2) is 7.36. The van der Waals surface area contributed by atoms with Gasteiger partial charge in [0.2, 0.25) is 5.91 Å². The van der Waals surface area contributed by atoms with Crippen molar-refractivity contribution in [2.45, 2.75) is 40.2 Å². The molecular formula is C18H21NO2S. The second-order valence-electron chi connectivity index (χ2n) is 5.55. The number of carbonyl (C=O) groups excluding carboxylic acids is 2. The molecule has 22 heavy (non-hydrogen) atoms. The van der Waals surface area contributed by atoms with E-state index < -0.39 is 0 Å². The number of rotatable bonds is 6. The quantitative estimate of drug-likeness (QED) is 0.820. The smallest absolute Gasteiger partial charge is 0.220 e. The minimum atomic E-state index is -0.0774. The van der Waals surface area contributed by atoms with Crippen LogP contribution in [-0.2, 0) is 11.3 Å². The van der Waals surface area contributed by atoms with Crippen molar-refractivity contribution in [2.75, 3.05) is 0 Å². The van der Waals surface area contributed by atoms with Crippen LogP contribution in [0.4, 0.5) is 0 Å². The van der Waals surface area contributed by atoms with E-state index in [-0.39, 0.29) is 24.5 Å². The molecule has 2 rings (SSSR count). The lowest BCUT2D eigenvalue weighted by Crippen LogP contribution is -2.23. The highest BCUT2D eigenvalue weighted by Gasteiger charge is 2.12. The van der Waals surface area contributed by atoms with Crippen molar-refractivity contribution in [1.29, 1.82) is 0 Å². The number of aryl methyl sites for hydroxylation is 3. The van der Waals surface area contributed by atoms with Gasteiger partial charge in [-0.3, -0.25) is 9.59 Å². The summed E-state index contributed by atoms with van der Waals surface area (Å²) in [6.07, 6.45) is 0.482. The standard InChI is InChI=1S/C18H21NO2S/c1-12-4-5-13(2)15(10-12)16(20)6-7-18(21)19-11-17-14(3)8-9-22-17/h4-5,8-10H,6-7,11H2,1-3H3,(H,19,21). The summed E-state index contributed by atoms with van der Waals surface area (Å²) in [4.78, 5) is 25.3. The molecule has 2 aromatic rings. The molecule has 0 aliphatic heterocycles. The molecule has 3 nitrogen and oxygen atoms in total. The summed E-state index contributed by atoms with van der Waals surface area (Å²) in [5.74, 6) is -0.0462. The van der Waals surface area contributed by atoms with Gasteiger partial charge < -0.3 is 5.32 Å². The molecule has 4 heteroatoms. The third-order valence-electron chi connectivity index (χ3n) is 3.69. The predicted molar refractivity (Wildman–Crippen MR) is 90.4 cm³/mol. The zero-order valence-corrected chi connectivity index (χ0v) is 14.0. The highest BCUT2D eigenvalue weighted by molar-refractivity contribution is 7.10. The van der Waals surface area contributed by atoms with Crippen molar-refractivity contribution in [3.63, 3.8) is 0 Å². The van der Waals surface area contributed by atoms with E-state index in [1.807, 2.05) is 50.4 Å². The molecule has 1 aromatic carbocycles. The van der Waals surface area contributed by atoms with Crippen LogP contribution >= 0.6 is 11.3 Å². The molecule has 1 heterocycles. The number of nitrogens with one attached hydrogen (secondary N) is 1. The topological polar surface area (TPSA) is 46.2 Å². The Kier molecular flexibility index (Phi) is 5.50. The number of thiophene rings is 1. The summed E-state index contributed by atoms with van der Waals surface area (Å²) >= 11 is 1.63. The van der Waals surface area contributed by atoms with Crippen molar-refractivity contribution in [1.82, 2.24) is 5.32 Å². The highest BCUT2D eigenvalue weighted by atomic mass is 32.1. The molecule has 0 bridgehead atoms. The molecule has 0 fully saturated rings. The van der Waals surface area contributed by atoms with Crippen LogP contribution in [0.5, 0.6) is 0 Å². The van der Waals surface area contributed by atoms with Gasteiger partial charge in [-0.05, 0) is 49.4 Å². The normalized spacial score (nSPS) is 10.5. The Morgan fingerprint density at radius 3 is 2.50 bits per heavy atom. The number of Topliss-reactive ketones (excluding diaryl/α,β-unsaturated/α-hetero) is 1. The van der Waals surface area contributed by atoms with Crippen LogP contribution in [0.1, 0.15) is 44.8 Å². The maximum absolute atomic E-state index is 12.2. The van der Waals surface area contributed by atoms with Crippen LogP contribution in [0.2, 0.25) is 0 Å². The van der Waals surface area contributed by atoms with Gasteiger partial charge >= 0.3 is 0 Å². The van der Waals surface area contributed by atoms with E-state index in [0.29, 0.717) is 6.54 Å². The number of amides is 1. The minimum absolute atomic E-state index is 0.0312. The van der Waals surface area contributed by atoms with Gasteiger partial charge in [-0.15, -0.1) is 11.3 Å². The van der Waals surface area contributed by atoms with Gasteiger partial charge in [0, 0.05) is 23.3 Å². The van der Waals surface area contributed by atoms with Crippen LogP contribution in [0.15, 0.2) is 29.6 Å². The maximum Gasteiger partial charge on any atom is 0.220 e.